The molecule has 6 heteroatoms. The standard InChI is InChI=1S/C19H26N2O4/c1-2-25-12-15-7-4-3-6-14(15)10-20-18(24)21-11-16-8-5-9-19(16,13-21)17(22)23/h3-4,6-7,16H,2,5,8-13H2,1H3,(H,20,24)(H,22,23)/t16-,19+/m0/s1. The summed E-state index contributed by atoms with van der Waals surface area (Å²) in [7, 11) is 0. The molecule has 6 nitrogen and oxygen atoms in total. The number of carbonyl (C=O) groups is 2. The van der Waals surface area contributed by atoms with Crippen LogP contribution in [-0.4, -0.2) is 41.7 Å². The van der Waals surface area contributed by atoms with Crippen LogP contribution in [0.1, 0.15) is 37.3 Å². The molecule has 2 atom stereocenters. The molecule has 1 heterocycles. The number of nitrogens with one attached hydrogen (secondary N) is 1. The molecule has 0 unspecified atom stereocenters. The van der Waals surface area contributed by atoms with Crippen LogP contribution in [0, 0.1) is 11.3 Å². The molecule has 1 saturated heterocycles. The first kappa shape index (κ1) is 17.7. The number of likely N-dealkylation sites (tertiary alicyclic amines) is 1. The number of hydrogen-bond donors (Lipinski definition) is 2. The van der Waals surface area contributed by atoms with Crippen molar-refractivity contribution < 1.29 is 19.4 Å². The van der Waals surface area contributed by atoms with Gasteiger partial charge in [-0.05, 0) is 36.8 Å². The molecule has 0 bridgehead atoms. The summed E-state index contributed by atoms with van der Waals surface area (Å²) >= 11 is 0. The molecule has 1 aliphatic carbocycles. The summed E-state index contributed by atoms with van der Waals surface area (Å²) in [6.45, 7) is 4.40. The maximum Gasteiger partial charge on any atom is 0.317 e. The van der Waals surface area contributed by atoms with Crippen LogP contribution in [0.3, 0.4) is 0 Å². The van der Waals surface area contributed by atoms with Crippen LogP contribution >= 0.6 is 0 Å². The Morgan fingerprint density at radius 2 is 2.12 bits per heavy atom. The Morgan fingerprint density at radius 1 is 1.36 bits per heavy atom. The van der Waals surface area contributed by atoms with E-state index >= 15 is 0 Å². The third-order valence-electron chi connectivity index (χ3n) is 5.59. The van der Waals surface area contributed by atoms with E-state index in [1.165, 1.54) is 0 Å². The highest BCUT2D eigenvalue weighted by Gasteiger charge is 2.55. The Bertz CT molecular complexity index is 648. The minimum absolute atomic E-state index is 0.0843. The number of rotatable bonds is 6. The summed E-state index contributed by atoms with van der Waals surface area (Å²) in [6, 6.07) is 7.69. The van der Waals surface area contributed by atoms with E-state index in [1.54, 1.807) is 4.90 Å². The van der Waals surface area contributed by atoms with Crippen molar-refractivity contribution in [3.63, 3.8) is 0 Å². The zero-order chi connectivity index (χ0) is 17.9. The summed E-state index contributed by atoms with van der Waals surface area (Å²) in [6.07, 6.45) is 2.51. The second-order valence-corrected chi connectivity index (χ2v) is 7.00. The Balaban J connectivity index is 1.60. The van der Waals surface area contributed by atoms with Crippen LogP contribution in [-0.2, 0) is 22.7 Å². The largest absolute Gasteiger partial charge is 0.481 e. The van der Waals surface area contributed by atoms with Crippen LogP contribution in [0.25, 0.3) is 0 Å². The van der Waals surface area contributed by atoms with Crippen molar-refractivity contribution in [1.82, 2.24) is 10.2 Å². The Hall–Kier alpha value is -2.08. The summed E-state index contributed by atoms with van der Waals surface area (Å²) < 4.78 is 5.47. The van der Waals surface area contributed by atoms with E-state index < -0.39 is 11.4 Å². The number of carboxylic acids is 1. The number of aliphatic carboxylic acids is 1. The first-order valence-electron chi connectivity index (χ1n) is 8.97. The fraction of sp³-hybridized carbons (Fsp3) is 0.579. The number of carbonyl (C=O) groups excluding carboxylic acids is 1. The van der Waals surface area contributed by atoms with Crippen LogP contribution in [0.4, 0.5) is 4.79 Å². The molecular formula is C19H26N2O4. The highest BCUT2D eigenvalue weighted by molar-refractivity contribution is 5.80. The lowest BCUT2D eigenvalue weighted by molar-refractivity contribution is -0.149. The molecule has 1 aromatic carbocycles. The van der Waals surface area contributed by atoms with Crippen molar-refractivity contribution in [2.24, 2.45) is 11.3 Å². The molecule has 0 aromatic heterocycles. The van der Waals surface area contributed by atoms with Gasteiger partial charge in [0.2, 0.25) is 0 Å². The molecule has 2 N–H and O–H groups in total. The van der Waals surface area contributed by atoms with Gasteiger partial charge in [-0.25, -0.2) is 4.79 Å². The maximum atomic E-state index is 12.5. The average Bonchev–Trinajstić information content (AvgIpc) is 3.17. The third-order valence-corrected chi connectivity index (χ3v) is 5.59. The topological polar surface area (TPSA) is 78.9 Å². The van der Waals surface area contributed by atoms with Crippen molar-refractivity contribution in [3.05, 3.63) is 35.4 Å². The minimum Gasteiger partial charge on any atom is -0.481 e. The van der Waals surface area contributed by atoms with Gasteiger partial charge in [0.05, 0.1) is 12.0 Å². The quantitative estimate of drug-likeness (QED) is 0.830. The monoisotopic (exact) mass is 346 g/mol. The van der Waals surface area contributed by atoms with E-state index in [-0.39, 0.29) is 11.9 Å². The molecular weight excluding hydrogens is 320 g/mol. The zero-order valence-corrected chi connectivity index (χ0v) is 14.7. The third kappa shape index (κ3) is 3.49. The fourth-order valence-electron chi connectivity index (χ4n) is 4.16. The number of urea groups is 1. The smallest absolute Gasteiger partial charge is 0.317 e. The second kappa shape index (κ2) is 7.44. The minimum atomic E-state index is -0.757. The highest BCUT2D eigenvalue weighted by atomic mass is 16.5. The van der Waals surface area contributed by atoms with Gasteiger partial charge < -0.3 is 20.1 Å². The van der Waals surface area contributed by atoms with Gasteiger partial charge in [-0.15, -0.1) is 0 Å². The van der Waals surface area contributed by atoms with Gasteiger partial charge in [-0.3, -0.25) is 4.79 Å². The van der Waals surface area contributed by atoms with Crippen LogP contribution in [0.2, 0.25) is 0 Å². The van der Waals surface area contributed by atoms with Gasteiger partial charge in [0, 0.05) is 26.2 Å². The molecule has 2 amide bonds. The molecule has 1 aromatic rings. The molecule has 25 heavy (non-hydrogen) atoms. The lowest BCUT2D eigenvalue weighted by atomic mass is 9.81. The fourth-order valence-corrected chi connectivity index (χ4v) is 4.16. The van der Waals surface area contributed by atoms with Gasteiger partial charge in [0.15, 0.2) is 0 Å². The number of fused-ring (bicyclic) bond motifs is 1. The van der Waals surface area contributed by atoms with E-state index in [2.05, 4.69) is 5.32 Å². The van der Waals surface area contributed by atoms with Crippen molar-refractivity contribution in [2.75, 3.05) is 19.7 Å². The van der Waals surface area contributed by atoms with Gasteiger partial charge in [-0.2, -0.15) is 0 Å². The van der Waals surface area contributed by atoms with Crippen molar-refractivity contribution in [2.45, 2.75) is 39.3 Å². The molecule has 3 rings (SSSR count). The normalized spacial score (nSPS) is 25.0. The lowest BCUT2D eigenvalue weighted by Gasteiger charge is -2.23. The van der Waals surface area contributed by atoms with E-state index in [0.717, 1.165) is 24.0 Å². The van der Waals surface area contributed by atoms with Crippen LogP contribution < -0.4 is 5.32 Å². The molecule has 136 valence electrons. The molecule has 2 fully saturated rings. The summed E-state index contributed by atoms with van der Waals surface area (Å²) in [5.41, 5.74) is 1.35. The SMILES string of the molecule is CCOCc1ccccc1CNC(=O)N1C[C@@H]2CCC[C@@]2(C(=O)O)C1. The molecule has 0 spiro atoms. The molecule has 1 saturated carbocycles. The van der Waals surface area contributed by atoms with Crippen molar-refractivity contribution >= 4 is 12.0 Å². The Morgan fingerprint density at radius 3 is 2.80 bits per heavy atom. The molecule has 1 aliphatic heterocycles. The van der Waals surface area contributed by atoms with Gasteiger partial charge >= 0.3 is 12.0 Å². The predicted molar refractivity (Wildman–Crippen MR) is 93.0 cm³/mol. The second-order valence-electron chi connectivity index (χ2n) is 7.00. The zero-order valence-electron chi connectivity index (χ0n) is 14.7. The maximum absolute atomic E-state index is 12.5. The molecule has 0 radical (unpaired) electrons. The molecule has 2 aliphatic rings. The van der Waals surface area contributed by atoms with E-state index in [1.807, 2.05) is 31.2 Å². The van der Waals surface area contributed by atoms with E-state index in [4.69, 9.17) is 4.74 Å². The number of amides is 2. The predicted octanol–water partition coefficient (Wildman–Crippen LogP) is 2.62. The van der Waals surface area contributed by atoms with Gasteiger partial charge in [-0.1, -0.05) is 30.7 Å². The van der Waals surface area contributed by atoms with Gasteiger partial charge in [0.25, 0.3) is 0 Å². The average molecular weight is 346 g/mol. The highest BCUT2D eigenvalue weighted by Crippen LogP contribution is 2.48. The van der Waals surface area contributed by atoms with Crippen LogP contribution in [0.15, 0.2) is 24.3 Å². The Labute approximate surface area is 148 Å². The number of benzene rings is 1. The number of ether oxygens (including phenoxy) is 1. The van der Waals surface area contributed by atoms with Crippen molar-refractivity contribution in [3.8, 4) is 0 Å². The summed E-state index contributed by atoms with van der Waals surface area (Å²) in [5.74, 6) is -0.673. The van der Waals surface area contributed by atoms with E-state index in [9.17, 15) is 14.7 Å². The Kier molecular flexibility index (Phi) is 5.27. The number of hydrogen-bond acceptors (Lipinski definition) is 3. The number of carboxylic acid groups (broad SMARTS) is 1. The van der Waals surface area contributed by atoms with Gasteiger partial charge in [0.1, 0.15) is 0 Å². The first-order valence-corrected chi connectivity index (χ1v) is 8.97. The lowest BCUT2D eigenvalue weighted by Crippen LogP contribution is -2.41. The van der Waals surface area contributed by atoms with E-state index in [0.29, 0.717) is 39.3 Å². The van der Waals surface area contributed by atoms with Crippen molar-refractivity contribution in [1.29, 1.82) is 0 Å². The summed E-state index contributed by atoms with van der Waals surface area (Å²) in [4.78, 5) is 25.9. The number of nitrogens with zero attached hydrogens (tertiary/aromatic N) is 1. The first-order chi connectivity index (χ1) is 12.1. The summed E-state index contributed by atoms with van der Waals surface area (Å²) in [5, 5.41) is 12.6. The van der Waals surface area contributed by atoms with Crippen LogP contribution in [0.5, 0.6) is 0 Å².